The number of hydrogen-bond acceptors (Lipinski definition) is 2. The second kappa shape index (κ2) is 6.39. The van der Waals surface area contributed by atoms with E-state index < -0.39 is 0 Å². The average molecular weight is 187 g/mol. The first-order valence-corrected chi connectivity index (χ1v) is 5.26. The smallest absolute Gasteiger partial charge is 0.0467 e. The highest BCUT2D eigenvalue weighted by atomic mass is 16.5. The Bertz CT molecular complexity index is 125. The Morgan fingerprint density at radius 3 is 2.38 bits per heavy atom. The van der Waals surface area contributed by atoms with Crippen LogP contribution in [0.1, 0.15) is 40.5 Å². The van der Waals surface area contributed by atoms with Crippen LogP contribution in [-0.4, -0.2) is 26.3 Å². The van der Waals surface area contributed by atoms with Gasteiger partial charge in [-0.1, -0.05) is 27.7 Å². The third-order valence-electron chi connectivity index (χ3n) is 2.70. The zero-order chi connectivity index (χ0) is 10.3. The van der Waals surface area contributed by atoms with Crippen molar-refractivity contribution < 1.29 is 4.74 Å². The fourth-order valence-electron chi connectivity index (χ4n) is 1.19. The van der Waals surface area contributed by atoms with Gasteiger partial charge in [0.25, 0.3) is 0 Å². The number of nitrogens with one attached hydrogen (secondary N) is 1. The van der Waals surface area contributed by atoms with Crippen molar-refractivity contribution in [1.29, 1.82) is 0 Å². The summed E-state index contributed by atoms with van der Waals surface area (Å²) in [4.78, 5) is 0. The van der Waals surface area contributed by atoms with Gasteiger partial charge in [-0.25, -0.2) is 0 Å². The minimum absolute atomic E-state index is 0.389. The van der Waals surface area contributed by atoms with Crippen LogP contribution in [0.25, 0.3) is 0 Å². The van der Waals surface area contributed by atoms with Crippen molar-refractivity contribution in [2.24, 2.45) is 5.41 Å². The molecule has 0 saturated heterocycles. The molecular weight excluding hydrogens is 162 g/mol. The highest BCUT2D eigenvalue weighted by Crippen LogP contribution is 2.24. The molecule has 0 radical (unpaired) electrons. The molecule has 80 valence electrons. The Hall–Kier alpha value is -0.0800. The van der Waals surface area contributed by atoms with Crippen LogP contribution in [0, 0.1) is 5.41 Å². The number of hydrogen-bond donors (Lipinski definition) is 1. The molecule has 13 heavy (non-hydrogen) atoms. The van der Waals surface area contributed by atoms with E-state index in [1.54, 1.807) is 7.11 Å². The predicted molar refractivity (Wildman–Crippen MR) is 58.0 cm³/mol. The molecule has 0 aliphatic carbocycles. The Morgan fingerprint density at radius 2 is 2.00 bits per heavy atom. The van der Waals surface area contributed by atoms with Gasteiger partial charge in [-0.05, 0) is 18.3 Å². The van der Waals surface area contributed by atoms with E-state index >= 15 is 0 Å². The van der Waals surface area contributed by atoms with Gasteiger partial charge in [0.05, 0.1) is 0 Å². The number of methoxy groups -OCH3 is 1. The van der Waals surface area contributed by atoms with E-state index in [4.69, 9.17) is 4.74 Å². The van der Waals surface area contributed by atoms with Gasteiger partial charge in [-0.3, -0.25) is 0 Å². The molecule has 0 aliphatic rings. The molecule has 2 nitrogen and oxygen atoms in total. The summed E-state index contributed by atoms with van der Waals surface area (Å²) >= 11 is 0. The van der Waals surface area contributed by atoms with Crippen LogP contribution in [0.3, 0.4) is 0 Å². The molecule has 1 atom stereocenters. The standard InChI is InChI=1S/C11H25NO/c1-6-11(4,7-8-13-5)9-12-10(2)3/h10,12H,6-9H2,1-5H3. The molecule has 0 saturated carbocycles. The molecule has 1 N–H and O–H groups in total. The summed E-state index contributed by atoms with van der Waals surface area (Å²) in [5.74, 6) is 0. The molecule has 0 aromatic rings. The summed E-state index contributed by atoms with van der Waals surface area (Å²) < 4.78 is 5.12. The van der Waals surface area contributed by atoms with E-state index in [0.29, 0.717) is 11.5 Å². The Labute approximate surface area is 83.1 Å². The third kappa shape index (κ3) is 6.05. The van der Waals surface area contributed by atoms with Crippen LogP contribution < -0.4 is 5.32 Å². The first-order valence-electron chi connectivity index (χ1n) is 5.26. The van der Waals surface area contributed by atoms with Crippen molar-refractivity contribution >= 4 is 0 Å². The minimum Gasteiger partial charge on any atom is -0.385 e. The lowest BCUT2D eigenvalue weighted by Crippen LogP contribution is -2.36. The van der Waals surface area contributed by atoms with Crippen molar-refractivity contribution in [2.45, 2.75) is 46.6 Å². The van der Waals surface area contributed by atoms with E-state index in [1.807, 2.05) is 0 Å². The molecule has 0 rings (SSSR count). The monoisotopic (exact) mass is 187 g/mol. The maximum Gasteiger partial charge on any atom is 0.0467 e. The molecule has 1 unspecified atom stereocenters. The van der Waals surface area contributed by atoms with Crippen molar-refractivity contribution in [1.82, 2.24) is 5.32 Å². The van der Waals surface area contributed by atoms with E-state index in [9.17, 15) is 0 Å². The quantitative estimate of drug-likeness (QED) is 0.661. The Kier molecular flexibility index (Phi) is 6.35. The lowest BCUT2D eigenvalue weighted by molar-refractivity contribution is 0.138. The topological polar surface area (TPSA) is 21.3 Å². The Balaban J connectivity index is 3.81. The lowest BCUT2D eigenvalue weighted by atomic mass is 9.84. The molecule has 0 heterocycles. The highest BCUT2D eigenvalue weighted by molar-refractivity contribution is 4.76. The fraction of sp³-hybridized carbons (Fsp3) is 1.00. The number of rotatable bonds is 7. The summed E-state index contributed by atoms with van der Waals surface area (Å²) in [5, 5.41) is 3.49. The van der Waals surface area contributed by atoms with E-state index in [1.165, 1.54) is 6.42 Å². The van der Waals surface area contributed by atoms with Crippen LogP contribution in [0.5, 0.6) is 0 Å². The fourth-order valence-corrected chi connectivity index (χ4v) is 1.19. The normalized spacial score (nSPS) is 16.2. The first-order chi connectivity index (χ1) is 6.04. The van der Waals surface area contributed by atoms with E-state index in [0.717, 1.165) is 19.6 Å². The SMILES string of the molecule is CCC(C)(CCOC)CNC(C)C. The summed E-state index contributed by atoms with van der Waals surface area (Å²) in [6.07, 6.45) is 2.34. The van der Waals surface area contributed by atoms with Crippen molar-refractivity contribution in [2.75, 3.05) is 20.3 Å². The van der Waals surface area contributed by atoms with E-state index in [-0.39, 0.29) is 0 Å². The largest absolute Gasteiger partial charge is 0.385 e. The van der Waals surface area contributed by atoms with Crippen molar-refractivity contribution in [3.8, 4) is 0 Å². The summed E-state index contributed by atoms with van der Waals surface area (Å²) in [6, 6.07) is 0.577. The van der Waals surface area contributed by atoms with Crippen LogP contribution in [-0.2, 0) is 4.74 Å². The van der Waals surface area contributed by atoms with Crippen molar-refractivity contribution in [3.05, 3.63) is 0 Å². The summed E-state index contributed by atoms with van der Waals surface area (Å²) in [7, 11) is 1.77. The van der Waals surface area contributed by atoms with Gasteiger partial charge in [0.2, 0.25) is 0 Å². The number of ether oxygens (including phenoxy) is 1. The van der Waals surface area contributed by atoms with Gasteiger partial charge < -0.3 is 10.1 Å². The highest BCUT2D eigenvalue weighted by Gasteiger charge is 2.21. The van der Waals surface area contributed by atoms with Crippen LogP contribution in [0.15, 0.2) is 0 Å². The molecule has 0 spiro atoms. The maximum atomic E-state index is 5.12. The molecule has 0 aromatic carbocycles. The van der Waals surface area contributed by atoms with Gasteiger partial charge in [-0.2, -0.15) is 0 Å². The zero-order valence-electron chi connectivity index (χ0n) is 9.81. The lowest BCUT2D eigenvalue weighted by Gasteiger charge is -2.29. The molecule has 2 heteroatoms. The van der Waals surface area contributed by atoms with Crippen LogP contribution >= 0.6 is 0 Å². The predicted octanol–water partition coefficient (Wildman–Crippen LogP) is 2.44. The molecule has 0 aromatic heterocycles. The van der Waals surface area contributed by atoms with E-state index in [2.05, 4.69) is 33.0 Å². The maximum absolute atomic E-state index is 5.12. The first kappa shape index (κ1) is 12.9. The summed E-state index contributed by atoms with van der Waals surface area (Å²) in [5.41, 5.74) is 0.389. The van der Waals surface area contributed by atoms with Gasteiger partial charge in [0, 0.05) is 26.3 Å². The van der Waals surface area contributed by atoms with Crippen molar-refractivity contribution in [3.63, 3.8) is 0 Å². The molecule has 0 amide bonds. The summed E-state index contributed by atoms with van der Waals surface area (Å²) in [6.45, 7) is 10.9. The van der Waals surface area contributed by atoms with Gasteiger partial charge in [0.1, 0.15) is 0 Å². The average Bonchev–Trinajstić information content (AvgIpc) is 2.11. The molecule has 0 fully saturated rings. The third-order valence-corrected chi connectivity index (χ3v) is 2.70. The van der Waals surface area contributed by atoms with Crippen LogP contribution in [0.4, 0.5) is 0 Å². The molecular formula is C11H25NO. The molecule has 0 bridgehead atoms. The minimum atomic E-state index is 0.389. The molecule has 0 aliphatic heterocycles. The zero-order valence-corrected chi connectivity index (χ0v) is 9.81. The van der Waals surface area contributed by atoms with Crippen LogP contribution in [0.2, 0.25) is 0 Å². The van der Waals surface area contributed by atoms with Gasteiger partial charge in [-0.15, -0.1) is 0 Å². The van der Waals surface area contributed by atoms with Gasteiger partial charge >= 0.3 is 0 Å². The second-order valence-corrected chi connectivity index (χ2v) is 4.44. The second-order valence-electron chi connectivity index (χ2n) is 4.44. The van der Waals surface area contributed by atoms with Gasteiger partial charge in [0.15, 0.2) is 0 Å². The Morgan fingerprint density at radius 1 is 1.38 bits per heavy atom.